The van der Waals surface area contributed by atoms with Crippen LogP contribution in [0.3, 0.4) is 0 Å². The molecule has 0 aromatic heterocycles. The number of nitrogens with one attached hydrogen (secondary N) is 1. The molecule has 0 bridgehead atoms. The van der Waals surface area contributed by atoms with Crippen LogP contribution in [-0.4, -0.2) is 12.0 Å². The van der Waals surface area contributed by atoms with E-state index in [-0.39, 0.29) is 5.91 Å². The molecule has 0 saturated heterocycles. The number of carbonyl (C=O) groups excluding carboxylic acids is 1. The molecule has 3 nitrogen and oxygen atoms in total. The predicted octanol–water partition coefficient (Wildman–Crippen LogP) is 5.48. The van der Waals surface area contributed by atoms with Crippen LogP contribution >= 0.6 is 0 Å². The topological polar surface area (TPSA) is 38.3 Å². The molecule has 0 radical (unpaired) electrons. The van der Waals surface area contributed by atoms with Gasteiger partial charge in [0.15, 0.2) is 6.10 Å². The van der Waals surface area contributed by atoms with Gasteiger partial charge in [-0.25, -0.2) is 0 Å². The molecule has 0 saturated carbocycles. The number of aryl methyl sites for hydroxylation is 2. The fraction of sp³-hybridized carbons (Fsp3) is 0.435. The van der Waals surface area contributed by atoms with Gasteiger partial charge in [-0.05, 0) is 79.0 Å². The second-order valence-corrected chi connectivity index (χ2v) is 7.42. The van der Waals surface area contributed by atoms with E-state index in [4.69, 9.17) is 4.74 Å². The summed E-state index contributed by atoms with van der Waals surface area (Å²) in [5.41, 5.74) is 4.87. The number of carbonyl (C=O) groups is 1. The molecule has 0 heterocycles. The highest BCUT2D eigenvalue weighted by molar-refractivity contribution is 5.94. The molecular weight excluding hydrogens is 322 g/mol. The van der Waals surface area contributed by atoms with Crippen LogP contribution in [0.2, 0.25) is 0 Å². The molecule has 1 aliphatic rings. The van der Waals surface area contributed by atoms with Gasteiger partial charge in [0, 0.05) is 5.69 Å². The van der Waals surface area contributed by atoms with Crippen molar-refractivity contribution < 1.29 is 9.53 Å². The van der Waals surface area contributed by atoms with Crippen LogP contribution < -0.4 is 10.1 Å². The molecule has 0 aliphatic heterocycles. The highest BCUT2D eigenvalue weighted by Crippen LogP contribution is 2.26. The molecule has 1 N–H and O–H groups in total. The van der Waals surface area contributed by atoms with E-state index in [1.54, 1.807) is 0 Å². The Hall–Kier alpha value is -2.29. The van der Waals surface area contributed by atoms with Crippen LogP contribution in [0, 0.1) is 0 Å². The number of anilines is 1. The van der Waals surface area contributed by atoms with Crippen molar-refractivity contribution in [2.45, 2.75) is 64.9 Å². The van der Waals surface area contributed by atoms with Crippen LogP contribution in [0.25, 0.3) is 0 Å². The van der Waals surface area contributed by atoms with Gasteiger partial charge in [-0.3, -0.25) is 4.79 Å². The van der Waals surface area contributed by atoms with E-state index in [2.05, 4.69) is 43.4 Å². The standard InChI is InChI=1S/C23H29NO2/c1-4-22(23(25)24-20-12-9-17(10-13-20)16(2)3)26-21-14-11-18-7-5-6-8-19(18)15-21/h9-16,22H,4-8H2,1-3H3,(H,24,25)/t22-/m0/s1. The molecular formula is C23H29NO2. The van der Waals surface area contributed by atoms with Crippen molar-refractivity contribution in [3.05, 3.63) is 59.2 Å². The number of hydrogen-bond donors (Lipinski definition) is 1. The number of amides is 1. The number of hydrogen-bond acceptors (Lipinski definition) is 2. The van der Waals surface area contributed by atoms with Crippen LogP contribution in [-0.2, 0) is 17.6 Å². The molecule has 26 heavy (non-hydrogen) atoms. The molecule has 0 spiro atoms. The Morgan fingerprint density at radius 1 is 1.04 bits per heavy atom. The molecule has 3 heteroatoms. The van der Waals surface area contributed by atoms with Gasteiger partial charge in [-0.15, -0.1) is 0 Å². The maximum absolute atomic E-state index is 12.6. The van der Waals surface area contributed by atoms with Gasteiger partial charge in [0.25, 0.3) is 5.91 Å². The maximum atomic E-state index is 12.6. The molecule has 0 unspecified atom stereocenters. The first-order chi connectivity index (χ1) is 12.6. The molecule has 0 fully saturated rings. The van der Waals surface area contributed by atoms with Gasteiger partial charge >= 0.3 is 0 Å². The van der Waals surface area contributed by atoms with E-state index in [9.17, 15) is 4.79 Å². The van der Waals surface area contributed by atoms with Crippen molar-refractivity contribution in [3.8, 4) is 5.75 Å². The Morgan fingerprint density at radius 2 is 1.73 bits per heavy atom. The van der Waals surface area contributed by atoms with Crippen LogP contribution in [0.15, 0.2) is 42.5 Å². The molecule has 1 amide bonds. The largest absolute Gasteiger partial charge is 0.481 e. The minimum Gasteiger partial charge on any atom is -0.481 e. The number of benzene rings is 2. The van der Waals surface area contributed by atoms with Gasteiger partial charge in [-0.1, -0.05) is 39.0 Å². The lowest BCUT2D eigenvalue weighted by Crippen LogP contribution is -2.32. The predicted molar refractivity (Wildman–Crippen MR) is 107 cm³/mol. The second-order valence-electron chi connectivity index (χ2n) is 7.42. The Labute approximate surface area is 156 Å². The van der Waals surface area contributed by atoms with Gasteiger partial charge in [0.1, 0.15) is 5.75 Å². The van der Waals surface area contributed by atoms with Gasteiger partial charge in [0.05, 0.1) is 0 Å². The maximum Gasteiger partial charge on any atom is 0.265 e. The lowest BCUT2D eigenvalue weighted by Gasteiger charge is -2.20. The highest BCUT2D eigenvalue weighted by Gasteiger charge is 2.19. The molecule has 2 aromatic rings. The van der Waals surface area contributed by atoms with E-state index in [1.807, 2.05) is 25.1 Å². The monoisotopic (exact) mass is 351 g/mol. The fourth-order valence-corrected chi connectivity index (χ4v) is 3.44. The minimum atomic E-state index is -0.485. The minimum absolute atomic E-state index is 0.0949. The summed E-state index contributed by atoms with van der Waals surface area (Å²) < 4.78 is 6.01. The number of rotatable bonds is 6. The zero-order chi connectivity index (χ0) is 18.5. The van der Waals surface area contributed by atoms with Crippen LogP contribution in [0.4, 0.5) is 5.69 Å². The van der Waals surface area contributed by atoms with Crippen LogP contribution in [0.5, 0.6) is 5.75 Å². The molecule has 1 aliphatic carbocycles. The van der Waals surface area contributed by atoms with Crippen molar-refractivity contribution in [2.75, 3.05) is 5.32 Å². The zero-order valence-electron chi connectivity index (χ0n) is 16.0. The first-order valence-corrected chi connectivity index (χ1v) is 9.76. The molecule has 1 atom stereocenters. The van der Waals surface area contributed by atoms with E-state index < -0.39 is 6.10 Å². The summed E-state index contributed by atoms with van der Waals surface area (Å²) in [6.07, 6.45) is 4.91. The quantitative estimate of drug-likeness (QED) is 0.748. The van der Waals surface area contributed by atoms with Gasteiger partial charge < -0.3 is 10.1 Å². The third-order valence-corrected chi connectivity index (χ3v) is 5.11. The average Bonchev–Trinajstić information content (AvgIpc) is 2.66. The van der Waals surface area contributed by atoms with Crippen molar-refractivity contribution in [3.63, 3.8) is 0 Å². The Bertz CT molecular complexity index is 749. The van der Waals surface area contributed by atoms with Crippen molar-refractivity contribution in [1.82, 2.24) is 0 Å². The number of fused-ring (bicyclic) bond motifs is 1. The average molecular weight is 351 g/mol. The first-order valence-electron chi connectivity index (χ1n) is 9.76. The third kappa shape index (κ3) is 4.46. The first kappa shape index (κ1) is 18.5. The van der Waals surface area contributed by atoms with Crippen molar-refractivity contribution >= 4 is 11.6 Å². The Kier molecular flexibility index (Phi) is 5.97. The zero-order valence-corrected chi connectivity index (χ0v) is 16.0. The summed E-state index contributed by atoms with van der Waals surface area (Å²) >= 11 is 0. The van der Waals surface area contributed by atoms with Crippen molar-refractivity contribution in [2.24, 2.45) is 0 Å². The normalized spacial score (nSPS) is 14.6. The molecule has 2 aromatic carbocycles. The van der Waals surface area contributed by atoms with Crippen molar-refractivity contribution in [1.29, 1.82) is 0 Å². The Balaban J connectivity index is 1.65. The summed E-state index contributed by atoms with van der Waals surface area (Å²) in [6.45, 7) is 6.30. The SMILES string of the molecule is CC[C@H](Oc1ccc2c(c1)CCCC2)C(=O)Nc1ccc(C(C)C)cc1. The summed E-state index contributed by atoms with van der Waals surface area (Å²) in [7, 11) is 0. The van der Waals surface area contributed by atoms with Gasteiger partial charge in [0.2, 0.25) is 0 Å². The fourth-order valence-electron chi connectivity index (χ4n) is 3.44. The van der Waals surface area contributed by atoms with E-state index in [0.717, 1.165) is 24.3 Å². The summed E-state index contributed by atoms with van der Waals surface area (Å²) in [5, 5.41) is 2.98. The molecule has 3 rings (SSSR count). The summed E-state index contributed by atoms with van der Waals surface area (Å²) in [6, 6.07) is 14.3. The second kappa shape index (κ2) is 8.39. The summed E-state index contributed by atoms with van der Waals surface area (Å²) in [4.78, 5) is 12.6. The van der Waals surface area contributed by atoms with E-state index >= 15 is 0 Å². The summed E-state index contributed by atoms with van der Waals surface area (Å²) in [5.74, 6) is 1.18. The van der Waals surface area contributed by atoms with E-state index in [1.165, 1.54) is 29.5 Å². The molecule has 138 valence electrons. The van der Waals surface area contributed by atoms with E-state index in [0.29, 0.717) is 12.3 Å². The smallest absolute Gasteiger partial charge is 0.265 e. The van der Waals surface area contributed by atoms with Crippen LogP contribution in [0.1, 0.15) is 62.6 Å². The van der Waals surface area contributed by atoms with Gasteiger partial charge in [-0.2, -0.15) is 0 Å². The lowest BCUT2D eigenvalue weighted by atomic mass is 9.92. The lowest BCUT2D eigenvalue weighted by molar-refractivity contribution is -0.122. The Morgan fingerprint density at radius 3 is 2.38 bits per heavy atom. The third-order valence-electron chi connectivity index (χ3n) is 5.11. The number of ether oxygens (including phenoxy) is 1. The highest BCUT2D eigenvalue weighted by atomic mass is 16.5.